The first-order valence-electron chi connectivity index (χ1n) is 12.7. The molecule has 2 aliphatic heterocycles. The van der Waals surface area contributed by atoms with E-state index in [2.05, 4.69) is 10.2 Å². The third-order valence-electron chi connectivity index (χ3n) is 7.36. The van der Waals surface area contributed by atoms with Gasteiger partial charge in [-0.05, 0) is 37.0 Å². The first-order valence-corrected chi connectivity index (χ1v) is 12.7. The predicted octanol–water partition coefficient (Wildman–Crippen LogP) is 2.61. The molecule has 36 heavy (non-hydrogen) atoms. The number of nitrogens with one attached hydrogen (secondary N) is 1. The summed E-state index contributed by atoms with van der Waals surface area (Å²) < 4.78 is 4.99. The molecule has 8 heteroatoms. The van der Waals surface area contributed by atoms with Crippen LogP contribution < -0.4 is 10.2 Å². The lowest BCUT2D eigenvalue weighted by molar-refractivity contribution is -0.140. The Morgan fingerprint density at radius 3 is 2.28 bits per heavy atom. The molecular formula is C28H36N4O4. The minimum atomic E-state index is -0.764. The van der Waals surface area contributed by atoms with Crippen LogP contribution in [0.5, 0.6) is 0 Å². The number of carbonyl (C=O) groups excluding carboxylic acids is 3. The van der Waals surface area contributed by atoms with Crippen molar-refractivity contribution in [2.24, 2.45) is 0 Å². The molecule has 2 aromatic rings. The van der Waals surface area contributed by atoms with Crippen LogP contribution in [0.15, 0.2) is 60.7 Å². The van der Waals surface area contributed by atoms with Gasteiger partial charge >= 0.3 is 0 Å². The summed E-state index contributed by atoms with van der Waals surface area (Å²) >= 11 is 0. The summed E-state index contributed by atoms with van der Waals surface area (Å²) in [6.07, 6.45) is 1.78. The van der Waals surface area contributed by atoms with Gasteiger partial charge in [0.05, 0.1) is 19.2 Å². The van der Waals surface area contributed by atoms with E-state index in [4.69, 9.17) is 4.74 Å². The smallest absolute Gasteiger partial charge is 0.250 e. The van der Waals surface area contributed by atoms with Crippen molar-refractivity contribution in [2.45, 2.75) is 37.6 Å². The Labute approximate surface area is 213 Å². The van der Waals surface area contributed by atoms with Crippen LogP contribution in [0.1, 0.15) is 37.7 Å². The van der Waals surface area contributed by atoms with Crippen LogP contribution >= 0.6 is 0 Å². The van der Waals surface area contributed by atoms with E-state index < -0.39 is 5.54 Å². The molecule has 8 nitrogen and oxygen atoms in total. The van der Waals surface area contributed by atoms with Gasteiger partial charge in [-0.1, -0.05) is 55.5 Å². The number of piperidine rings is 1. The first-order chi connectivity index (χ1) is 17.5. The lowest BCUT2D eigenvalue weighted by atomic mass is 9.84. The number of nitrogens with zero attached hydrogens (tertiary/aromatic N) is 3. The summed E-state index contributed by atoms with van der Waals surface area (Å²) in [6.45, 7) is 4.22. The summed E-state index contributed by atoms with van der Waals surface area (Å²) in [5.41, 5.74) is 1.21. The zero-order valence-corrected chi connectivity index (χ0v) is 21.2. The van der Waals surface area contributed by atoms with Gasteiger partial charge in [-0.3, -0.25) is 14.4 Å². The van der Waals surface area contributed by atoms with Crippen LogP contribution in [-0.2, 0) is 19.1 Å². The molecule has 0 bridgehead atoms. The minimum Gasteiger partial charge on any atom is -0.383 e. The number of benzene rings is 2. The number of anilines is 1. The number of amides is 3. The van der Waals surface area contributed by atoms with Gasteiger partial charge in [0.2, 0.25) is 11.8 Å². The number of likely N-dealkylation sites (tertiary alicyclic amines) is 1. The highest BCUT2D eigenvalue weighted by molar-refractivity contribution is 5.96. The van der Waals surface area contributed by atoms with Crippen molar-refractivity contribution < 1.29 is 19.1 Å². The Hall–Kier alpha value is -3.39. The van der Waals surface area contributed by atoms with Crippen LogP contribution in [0.25, 0.3) is 0 Å². The van der Waals surface area contributed by atoms with Crippen LogP contribution in [-0.4, -0.2) is 79.6 Å². The molecule has 0 aliphatic carbocycles. The lowest BCUT2D eigenvalue weighted by Gasteiger charge is -2.44. The molecule has 2 aromatic carbocycles. The highest BCUT2D eigenvalue weighted by Crippen LogP contribution is 2.40. The fourth-order valence-corrected chi connectivity index (χ4v) is 5.40. The Kier molecular flexibility index (Phi) is 8.25. The fourth-order valence-electron chi connectivity index (χ4n) is 5.40. The first kappa shape index (κ1) is 25.7. The van der Waals surface area contributed by atoms with Gasteiger partial charge in [0.1, 0.15) is 12.1 Å². The predicted molar refractivity (Wildman–Crippen MR) is 138 cm³/mol. The molecule has 2 aliphatic rings. The largest absolute Gasteiger partial charge is 0.383 e. The summed E-state index contributed by atoms with van der Waals surface area (Å²) in [5, 5.41) is 2.80. The van der Waals surface area contributed by atoms with Gasteiger partial charge in [-0.25, -0.2) is 0 Å². The Bertz CT molecular complexity index is 1040. The molecular weight excluding hydrogens is 456 g/mol. The van der Waals surface area contributed by atoms with Crippen molar-refractivity contribution in [2.75, 3.05) is 51.5 Å². The number of carbonyl (C=O) groups is 3. The molecule has 4 rings (SSSR count). The van der Waals surface area contributed by atoms with Crippen LogP contribution in [0, 0.1) is 0 Å². The quantitative estimate of drug-likeness (QED) is 0.544. The van der Waals surface area contributed by atoms with E-state index in [1.807, 2.05) is 72.5 Å². The summed E-state index contributed by atoms with van der Waals surface area (Å²) in [5.74, 6) is -0.316. The maximum absolute atomic E-state index is 13.8. The minimum absolute atomic E-state index is 0.00217. The standard InChI is InChI=1S/C28H36N4O4/c1-3-24(22-10-6-4-7-11-22)26(34)30-17-14-28(15-18-30)27(35)31(20-25(33)29-16-19-36-2)21-32(28)23-12-8-5-9-13-23/h4-13,24H,3,14-21H2,1-2H3,(H,29,33). The van der Waals surface area contributed by atoms with Crippen molar-refractivity contribution in [3.8, 4) is 0 Å². The molecule has 2 fully saturated rings. The van der Waals surface area contributed by atoms with E-state index in [1.54, 1.807) is 12.0 Å². The lowest BCUT2D eigenvalue weighted by Crippen LogP contribution is -2.58. The SMILES string of the molecule is CCC(C(=O)N1CCC2(CC1)C(=O)N(CC(=O)NCCOC)CN2c1ccccc1)c1ccccc1. The Morgan fingerprint density at radius 2 is 1.67 bits per heavy atom. The second-order valence-electron chi connectivity index (χ2n) is 9.48. The zero-order chi connectivity index (χ0) is 25.5. The average molecular weight is 493 g/mol. The maximum atomic E-state index is 13.8. The Balaban J connectivity index is 1.50. The number of para-hydroxylation sites is 1. The van der Waals surface area contributed by atoms with Crippen LogP contribution in [0.3, 0.4) is 0 Å². The number of hydrogen-bond donors (Lipinski definition) is 1. The number of methoxy groups -OCH3 is 1. The van der Waals surface area contributed by atoms with Gasteiger partial charge in [-0.2, -0.15) is 0 Å². The second kappa shape index (κ2) is 11.6. The highest BCUT2D eigenvalue weighted by Gasteiger charge is 2.54. The van der Waals surface area contributed by atoms with Crippen molar-refractivity contribution in [3.05, 3.63) is 66.2 Å². The van der Waals surface area contributed by atoms with Crippen molar-refractivity contribution in [1.29, 1.82) is 0 Å². The van der Waals surface area contributed by atoms with E-state index in [9.17, 15) is 14.4 Å². The van der Waals surface area contributed by atoms with Gasteiger partial charge < -0.3 is 24.8 Å². The molecule has 0 saturated carbocycles. The molecule has 192 valence electrons. The number of rotatable bonds is 9. The van der Waals surface area contributed by atoms with E-state index in [1.165, 1.54) is 0 Å². The maximum Gasteiger partial charge on any atom is 0.250 e. The van der Waals surface area contributed by atoms with Crippen molar-refractivity contribution >= 4 is 23.4 Å². The van der Waals surface area contributed by atoms with Crippen LogP contribution in [0.4, 0.5) is 5.69 Å². The third kappa shape index (κ3) is 5.23. The van der Waals surface area contributed by atoms with Gasteiger partial charge in [0.25, 0.3) is 5.91 Å². The second-order valence-corrected chi connectivity index (χ2v) is 9.48. The Morgan fingerprint density at radius 1 is 1.03 bits per heavy atom. The molecule has 0 aromatic heterocycles. The molecule has 3 amide bonds. The van der Waals surface area contributed by atoms with Gasteiger partial charge in [0.15, 0.2) is 0 Å². The zero-order valence-electron chi connectivity index (χ0n) is 21.2. The highest BCUT2D eigenvalue weighted by atomic mass is 16.5. The van der Waals surface area contributed by atoms with E-state index in [0.717, 1.165) is 17.7 Å². The number of hydrogen-bond acceptors (Lipinski definition) is 5. The summed E-state index contributed by atoms with van der Waals surface area (Å²) in [4.78, 5) is 45.4. The fraction of sp³-hybridized carbons (Fsp3) is 0.464. The third-order valence-corrected chi connectivity index (χ3v) is 7.36. The molecule has 1 spiro atoms. The summed E-state index contributed by atoms with van der Waals surface area (Å²) in [7, 11) is 1.58. The van der Waals surface area contributed by atoms with Crippen molar-refractivity contribution in [3.63, 3.8) is 0 Å². The molecule has 2 heterocycles. The van der Waals surface area contributed by atoms with E-state index in [0.29, 0.717) is 45.8 Å². The van der Waals surface area contributed by atoms with Crippen LogP contribution in [0.2, 0.25) is 0 Å². The van der Waals surface area contributed by atoms with Gasteiger partial charge in [0, 0.05) is 32.4 Å². The average Bonchev–Trinajstić information content (AvgIpc) is 3.17. The van der Waals surface area contributed by atoms with E-state index >= 15 is 0 Å². The molecule has 1 N–H and O–H groups in total. The van der Waals surface area contributed by atoms with Crippen molar-refractivity contribution in [1.82, 2.24) is 15.1 Å². The molecule has 1 unspecified atom stereocenters. The van der Waals surface area contributed by atoms with Gasteiger partial charge in [-0.15, -0.1) is 0 Å². The number of ether oxygens (including phenoxy) is 1. The normalized spacial score (nSPS) is 17.9. The monoisotopic (exact) mass is 492 g/mol. The molecule has 2 saturated heterocycles. The topological polar surface area (TPSA) is 82.2 Å². The molecule has 0 radical (unpaired) electrons. The summed E-state index contributed by atoms with van der Waals surface area (Å²) in [6, 6.07) is 19.8. The van der Waals surface area contributed by atoms with E-state index in [-0.39, 0.29) is 30.2 Å². The molecule has 1 atom stereocenters.